The fourth-order valence-corrected chi connectivity index (χ4v) is 7.15. The summed E-state index contributed by atoms with van der Waals surface area (Å²) in [4.78, 5) is 28.8. The Kier molecular flexibility index (Phi) is 8.78. The van der Waals surface area contributed by atoms with E-state index in [9.17, 15) is 18.0 Å². The molecule has 0 atom stereocenters. The van der Waals surface area contributed by atoms with Crippen molar-refractivity contribution in [3.63, 3.8) is 0 Å². The van der Waals surface area contributed by atoms with Gasteiger partial charge in [-0.1, -0.05) is 31.4 Å². The molecule has 0 unspecified atom stereocenters. The van der Waals surface area contributed by atoms with Crippen LogP contribution in [0.1, 0.15) is 60.2 Å². The number of hydrogen-bond donors (Lipinski definition) is 3. The number of methoxy groups -OCH3 is 1. The van der Waals surface area contributed by atoms with Crippen molar-refractivity contribution in [1.29, 1.82) is 0 Å². The first-order chi connectivity index (χ1) is 17.8. The summed E-state index contributed by atoms with van der Waals surface area (Å²) in [5.74, 6) is -0.180. The Morgan fingerprint density at radius 1 is 1.08 bits per heavy atom. The number of hydrogen-bond acceptors (Lipinski definition) is 7. The number of rotatable bonds is 10. The first kappa shape index (κ1) is 27.0. The highest BCUT2D eigenvalue weighted by atomic mass is 32.2. The molecule has 3 aromatic rings. The van der Waals surface area contributed by atoms with Crippen LogP contribution in [0.25, 0.3) is 10.1 Å². The van der Waals surface area contributed by atoms with Crippen molar-refractivity contribution >= 4 is 43.4 Å². The molecule has 1 aromatic carbocycles. The van der Waals surface area contributed by atoms with E-state index in [1.807, 2.05) is 12.1 Å². The Morgan fingerprint density at radius 3 is 2.54 bits per heavy atom. The van der Waals surface area contributed by atoms with Crippen molar-refractivity contribution in [3.8, 4) is 0 Å². The Hall–Kier alpha value is -3.02. The molecule has 2 heterocycles. The summed E-state index contributed by atoms with van der Waals surface area (Å²) in [6.07, 6.45) is 8.76. The van der Waals surface area contributed by atoms with Gasteiger partial charge in [0, 0.05) is 31.0 Å². The van der Waals surface area contributed by atoms with Gasteiger partial charge in [-0.25, -0.2) is 17.9 Å². The minimum Gasteiger partial charge on any atom is -0.453 e. The Labute approximate surface area is 221 Å². The van der Waals surface area contributed by atoms with E-state index in [1.165, 1.54) is 18.4 Å². The minimum atomic E-state index is -3.74. The summed E-state index contributed by atoms with van der Waals surface area (Å²) >= 11 is 1.38. The molecule has 11 heteroatoms. The monoisotopic (exact) mass is 544 g/mol. The predicted octanol–water partition coefficient (Wildman–Crippen LogP) is 4.34. The van der Waals surface area contributed by atoms with E-state index in [4.69, 9.17) is 0 Å². The number of thiophene rings is 1. The third kappa shape index (κ3) is 7.06. The van der Waals surface area contributed by atoms with E-state index >= 15 is 0 Å². The van der Waals surface area contributed by atoms with E-state index in [0.29, 0.717) is 24.3 Å². The van der Waals surface area contributed by atoms with Crippen molar-refractivity contribution in [2.75, 3.05) is 13.7 Å². The number of benzene rings is 1. The summed E-state index contributed by atoms with van der Waals surface area (Å²) in [7, 11) is -2.42. The van der Waals surface area contributed by atoms with Crippen LogP contribution in [0.4, 0.5) is 4.79 Å². The molecule has 1 aliphatic rings. The molecule has 4 rings (SSSR count). The quantitative estimate of drug-likeness (QED) is 0.326. The van der Waals surface area contributed by atoms with Gasteiger partial charge in [0.05, 0.1) is 21.6 Å². The first-order valence-corrected chi connectivity index (χ1v) is 14.7. The molecule has 1 saturated carbocycles. The number of amides is 2. The second-order valence-electron chi connectivity index (χ2n) is 9.32. The zero-order valence-corrected chi connectivity index (χ0v) is 22.4. The lowest BCUT2D eigenvalue weighted by atomic mass is 9.79. The van der Waals surface area contributed by atoms with E-state index in [0.717, 1.165) is 47.8 Å². The summed E-state index contributed by atoms with van der Waals surface area (Å²) in [5, 5.41) is 6.53. The van der Waals surface area contributed by atoms with Crippen molar-refractivity contribution < 1.29 is 22.7 Å². The standard InChI is InChI=1S/C26H32N4O5S2/c1-35-25(32)28-14-5-13-26(11-3-2-4-12-26)30-37(33,34)21-8-6-19(7-9-21)17-29-24(31)22-16-20-10-15-27-18-23(20)36-22/h6-10,15-16,18,30H,2-5,11-14,17H2,1H3,(H,28,32)(H,29,31). The number of carbonyl (C=O) groups excluding carboxylic acids is 2. The largest absolute Gasteiger partial charge is 0.453 e. The van der Waals surface area contributed by atoms with Crippen molar-refractivity contribution in [1.82, 2.24) is 20.3 Å². The highest BCUT2D eigenvalue weighted by Gasteiger charge is 2.36. The van der Waals surface area contributed by atoms with E-state index < -0.39 is 21.7 Å². The first-order valence-electron chi connectivity index (χ1n) is 12.4. The Morgan fingerprint density at radius 2 is 1.84 bits per heavy atom. The number of aromatic nitrogens is 1. The predicted molar refractivity (Wildman–Crippen MR) is 143 cm³/mol. The van der Waals surface area contributed by atoms with E-state index in [2.05, 4.69) is 25.1 Å². The van der Waals surface area contributed by atoms with Crippen LogP contribution >= 0.6 is 11.3 Å². The second-order valence-corrected chi connectivity index (χ2v) is 12.1. The van der Waals surface area contributed by atoms with Gasteiger partial charge in [-0.2, -0.15) is 0 Å². The maximum Gasteiger partial charge on any atom is 0.406 e. The molecular weight excluding hydrogens is 512 g/mol. The maximum atomic E-state index is 13.3. The molecule has 0 saturated heterocycles. The SMILES string of the molecule is COC(=O)NCCCC1(NS(=O)(=O)c2ccc(CNC(=O)c3cc4ccncc4s3)cc2)CCCCC1. The molecule has 9 nitrogen and oxygen atoms in total. The number of ether oxygens (including phenoxy) is 1. The number of sulfonamides is 1. The lowest BCUT2D eigenvalue weighted by Crippen LogP contribution is -2.50. The molecule has 198 valence electrons. The van der Waals surface area contributed by atoms with Crippen LogP contribution in [-0.2, 0) is 21.3 Å². The van der Waals surface area contributed by atoms with Crippen LogP contribution in [0.2, 0.25) is 0 Å². The molecule has 2 amide bonds. The topological polar surface area (TPSA) is 126 Å². The van der Waals surface area contributed by atoms with E-state index in [-0.39, 0.29) is 17.3 Å². The summed E-state index contributed by atoms with van der Waals surface area (Å²) < 4.78 is 35.1. The third-order valence-electron chi connectivity index (χ3n) is 6.68. The van der Waals surface area contributed by atoms with Gasteiger partial charge in [-0.05, 0) is 60.9 Å². The molecule has 3 N–H and O–H groups in total. The number of fused-ring (bicyclic) bond motifs is 1. The lowest BCUT2D eigenvalue weighted by molar-refractivity contribution is 0.0955. The van der Waals surface area contributed by atoms with Crippen LogP contribution < -0.4 is 15.4 Å². The average Bonchev–Trinajstić information content (AvgIpc) is 3.35. The summed E-state index contributed by atoms with van der Waals surface area (Å²) in [5.41, 5.74) is 0.276. The van der Waals surface area contributed by atoms with Gasteiger partial charge in [0.25, 0.3) is 5.91 Å². The molecule has 2 aromatic heterocycles. The maximum absolute atomic E-state index is 13.3. The number of pyridine rings is 1. The fraction of sp³-hybridized carbons (Fsp3) is 0.423. The molecule has 0 spiro atoms. The van der Waals surface area contributed by atoms with Crippen LogP contribution in [0.3, 0.4) is 0 Å². The van der Waals surface area contributed by atoms with Gasteiger partial charge >= 0.3 is 6.09 Å². The van der Waals surface area contributed by atoms with Crippen molar-refractivity contribution in [3.05, 3.63) is 59.2 Å². The normalized spacial score (nSPS) is 15.3. The smallest absolute Gasteiger partial charge is 0.406 e. The molecule has 0 aliphatic heterocycles. The number of nitrogens with one attached hydrogen (secondary N) is 3. The van der Waals surface area contributed by atoms with Crippen LogP contribution in [-0.4, -0.2) is 44.6 Å². The molecule has 0 bridgehead atoms. The highest BCUT2D eigenvalue weighted by molar-refractivity contribution is 7.89. The van der Waals surface area contributed by atoms with Crippen LogP contribution in [0, 0.1) is 0 Å². The minimum absolute atomic E-state index is 0.180. The Balaban J connectivity index is 1.36. The lowest BCUT2D eigenvalue weighted by Gasteiger charge is -2.38. The van der Waals surface area contributed by atoms with Gasteiger partial charge in [-0.15, -0.1) is 11.3 Å². The van der Waals surface area contributed by atoms with Gasteiger partial charge in [0.1, 0.15) is 0 Å². The van der Waals surface area contributed by atoms with Crippen LogP contribution in [0.15, 0.2) is 53.7 Å². The summed E-state index contributed by atoms with van der Waals surface area (Å²) in [6, 6.07) is 10.3. The number of alkyl carbamates (subject to hydrolysis) is 1. The average molecular weight is 545 g/mol. The Bertz CT molecular complexity index is 1300. The fourth-order valence-electron chi connectivity index (χ4n) is 4.72. The third-order valence-corrected chi connectivity index (χ3v) is 9.36. The van der Waals surface area contributed by atoms with Gasteiger partial charge in [0.15, 0.2) is 0 Å². The second kappa shape index (κ2) is 12.0. The van der Waals surface area contributed by atoms with Gasteiger partial charge in [0.2, 0.25) is 10.0 Å². The molecule has 1 fully saturated rings. The van der Waals surface area contributed by atoms with E-state index in [1.54, 1.807) is 36.7 Å². The van der Waals surface area contributed by atoms with Gasteiger partial charge < -0.3 is 15.4 Å². The van der Waals surface area contributed by atoms with Crippen LogP contribution in [0.5, 0.6) is 0 Å². The summed E-state index contributed by atoms with van der Waals surface area (Å²) in [6.45, 7) is 0.713. The number of nitrogens with zero attached hydrogens (tertiary/aromatic N) is 1. The molecule has 1 aliphatic carbocycles. The molecule has 0 radical (unpaired) electrons. The van der Waals surface area contributed by atoms with Gasteiger partial charge in [-0.3, -0.25) is 9.78 Å². The van der Waals surface area contributed by atoms with Crippen molar-refractivity contribution in [2.24, 2.45) is 0 Å². The molecule has 37 heavy (non-hydrogen) atoms. The zero-order chi connectivity index (χ0) is 26.3. The zero-order valence-electron chi connectivity index (χ0n) is 20.8. The number of carbonyl (C=O) groups is 2. The van der Waals surface area contributed by atoms with Crippen molar-refractivity contribution in [2.45, 2.75) is 61.9 Å². The highest BCUT2D eigenvalue weighted by Crippen LogP contribution is 2.33. The molecular formula is C26H32N4O5S2.